The number of hydrogen-bond acceptors (Lipinski definition) is 5. The van der Waals surface area contributed by atoms with Crippen LogP contribution in [0.25, 0.3) is 0 Å². The fourth-order valence-corrected chi connectivity index (χ4v) is 4.05. The molecule has 30 heavy (non-hydrogen) atoms. The maximum Gasteiger partial charge on any atom is 0.267 e. The summed E-state index contributed by atoms with van der Waals surface area (Å²) in [5, 5.41) is 0.380. The van der Waals surface area contributed by atoms with Crippen molar-refractivity contribution in [1.29, 1.82) is 0 Å². The van der Waals surface area contributed by atoms with Crippen molar-refractivity contribution in [3.05, 3.63) is 76.6 Å². The molecule has 2 aromatic heterocycles. The Morgan fingerprint density at radius 3 is 2.63 bits per heavy atom. The van der Waals surface area contributed by atoms with Crippen molar-refractivity contribution in [2.45, 2.75) is 19.1 Å². The normalized spacial score (nSPS) is 20.1. The van der Waals surface area contributed by atoms with Crippen LogP contribution in [0.1, 0.15) is 34.5 Å². The lowest BCUT2D eigenvalue weighted by molar-refractivity contribution is -0.125. The summed E-state index contributed by atoms with van der Waals surface area (Å²) in [7, 11) is 1.68. The molecular formula is C22H17ClN4O3. The first kappa shape index (κ1) is 18.6. The van der Waals surface area contributed by atoms with Crippen LogP contribution in [0.5, 0.6) is 5.88 Å². The standard InChI is InChI=1S/C22H17ClN4O3/c1-12-21(28)26(2)16-8-10-18(25-20(16)30-12)27-19(13-7-9-17(23)24-11-13)14-5-3-4-6-15(14)22(27)29/h3-12,19H,1-2H3/t12-,19?/m1/s1. The van der Waals surface area contributed by atoms with Gasteiger partial charge in [0.25, 0.3) is 11.8 Å². The molecule has 2 aliphatic rings. The summed E-state index contributed by atoms with van der Waals surface area (Å²) in [6.07, 6.45) is 1.02. The number of aromatic nitrogens is 2. The molecule has 2 atom stereocenters. The Kier molecular flexibility index (Phi) is 4.22. The van der Waals surface area contributed by atoms with Crippen LogP contribution < -0.4 is 14.5 Å². The van der Waals surface area contributed by atoms with Gasteiger partial charge in [0.2, 0.25) is 5.88 Å². The van der Waals surface area contributed by atoms with Gasteiger partial charge < -0.3 is 9.64 Å². The second-order valence-corrected chi connectivity index (χ2v) is 7.62. The van der Waals surface area contributed by atoms with Gasteiger partial charge in [-0.05, 0) is 42.3 Å². The number of rotatable bonds is 2. The zero-order valence-electron chi connectivity index (χ0n) is 16.2. The number of carbonyl (C=O) groups is 2. The van der Waals surface area contributed by atoms with Crippen LogP contribution in [0.2, 0.25) is 5.15 Å². The van der Waals surface area contributed by atoms with E-state index in [0.29, 0.717) is 28.1 Å². The predicted molar refractivity (Wildman–Crippen MR) is 112 cm³/mol. The third-order valence-corrected chi connectivity index (χ3v) is 5.65. The van der Waals surface area contributed by atoms with Crippen LogP contribution in [-0.4, -0.2) is 34.9 Å². The highest BCUT2D eigenvalue weighted by Crippen LogP contribution is 2.42. The molecule has 7 nitrogen and oxygen atoms in total. The van der Waals surface area contributed by atoms with Gasteiger partial charge in [0.15, 0.2) is 6.10 Å². The van der Waals surface area contributed by atoms with Crippen molar-refractivity contribution in [2.75, 3.05) is 16.8 Å². The molecule has 0 fully saturated rings. The molecule has 0 saturated carbocycles. The second-order valence-electron chi connectivity index (χ2n) is 7.23. The SMILES string of the molecule is C[C@H]1Oc2nc(N3C(=O)c4ccccc4C3c3ccc(Cl)nc3)ccc2N(C)C1=O. The number of pyridine rings is 2. The van der Waals surface area contributed by atoms with Gasteiger partial charge >= 0.3 is 0 Å². The summed E-state index contributed by atoms with van der Waals surface area (Å²) in [5.74, 6) is 0.446. The fourth-order valence-electron chi connectivity index (χ4n) is 3.94. The van der Waals surface area contributed by atoms with E-state index in [1.807, 2.05) is 24.3 Å². The molecule has 0 saturated heterocycles. The van der Waals surface area contributed by atoms with Crippen molar-refractivity contribution in [3.8, 4) is 5.88 Å². The number of hydrogen-bond donors (Lipinski definition) is 0. The zero-order chi connectivity index (χ0) is 21.0. The van der Waals surface area contributed by atoms with Crippen LogP contribution >= 0.6 is 11.6 Å². The number of benzene rings is 1. The van der Waals surface area contributed by atoms with E-state index < -0.39 is 12.1 Å². The van der Waals surface area contributed by atoms with Gasteiger partial charge in [-0.15, -0.1) is 0 Å². The Balaban J connectivity index is 1.64. The van der Waals surface area contributed by atoms with Gasteiger partial charge in [0, 0.05) is 18.8 Å². The van der Waals surface area contributed by atoms with E-state index in [-0.39, 0.29) is 11.8 Å². The first-order chi connectivity index (χ1) is 14.5. The first-order valence-electron chi connectivity index (χ1n) is 9.45. The quantitative estimate of drug-likeness (QED) is 0.592. The summed E-state index contributed by atoms with van der Waals surface area (Å²) in [4.78, 5) is 37.4. The third-order valence-electron chi connectivity index (χ3n) is 5.43. The molecule has 5 rings (SSSR count). The van der Waals surface area contributed by atoms with Gasteiger partial charge in [-0.3, -0.25) is 14.5 Å². The van der Waals surface area contributed by atoms with E-state index in [4.69, 9.17) is 16.3 Å². The highest BCUT2D eigenvalue weighted by molar-refractivity contribution is 6.29. The number of amides is 2. The summed E-state index contributed by atoms with van der Waals surface area (Å²) < 4.78 is 5.71. The van der Waals surface area contributed by atoms with Gasteiger partial charge in [0.1, 0.15) is 16.7 Å². The van der Waals surface area contributed by atoms with Crippen LogP contribution in [0.3, 0.4) is 0 Å². The molecule has 0 N–H and O–H groups in total. The van der Waals surface area contributed by atoms with Crippen molar-refractivity contribution in [1.82, 2.24) is 9.97 Å². The lowest BCUT2D eigenvalue weighted by Gasteiger charge is -2.31. The molecule has 0 bridgehead atoms. The number of halogens is 1. The minimum Gasteiger partial charge on any atom is -0.463 e. The molecule has 0 radical (unpaired) electrons. The first-order valence-corrected chi connectivity index (χ1v) is 9.82. The molecule has 0 spiro atoms. The number of ether oxygens (including phenoxy) is 1. The lowest BCUT2D eigenvalue weighted by atomic mass is 9.99. The predicted octanol–water partition coefficient (Wildman–Crippen LogP) is 3.62. The maximum atomic E-state index is 13.3. The minimum atomic E-state index is -0.645. The smallest absolute Gasteiger partial charge is 0.267 e. The van der Waals surface area contributed by atoms with E-state index >= 15 is 0 Å². The van der Waals surface area contributed by atoms with E-state index in [1.54, 1.807) is 49.3 Å². The molecular weight excluding hydrogens is 404 g/mol. The second kappa shape index (κ2) is 6.81. The van der Waals surface area contributed by atoms with E-state index in [2.05, 4.69) is 9.97 Å². The van der Waals surface area contributed by atoms with E-state index in [0.717, 1.165) is 11.1 Å². The van der Waals surface area contributed by atoms with Gasteiger partial charge in [-0.25, -0.2) is 4.98 Å². The van der Waals surface area contributed by atoms with Gasteiger partial charge in [0.05, 0.1) is 6.04 Å². The molecule has 8 heteroatoms. The highest BCUT2D eigenvalue weighted by Gasteiger charge is 2.40. The van der Waals surface area contributed by atoms with Crippen LogP contribution in [0.15, 0.2) is 54.7 Å². The third kappa shape index (κ3) is 2.74. The average Bonchev–Trinajstić information content (AvgIpc) is 3.05. The van der Waals surface area contributed by atoms with Crippen molar-refractivity contribution in [2.24, 2.45) is 0 Å². The summed E-state index contributed by atoms with van der Waals surface area (Å²) in [6.45, 7) is 1.68. The Bertz CT molecular complexity index is 1180. The number of likely N-dealkylation sites (N-methyl/N-ethyl adjacent to an activating group) is 1. The summed E-state index contributed by atoms with van der Waals surface area (Å²) in [6, 6.07) is 14.1. The van der Waals surface area contributed by atoms with Crippen LogP contribution in [0, 0.1) is 0 Å². The number of carbonyl (C=O) groups excluding carboxylic acids is 2. The summed E-state index contributed by atoms with van der Waals surface area (Å²) in [5.41, 5.74) is 2.86. The lowest BCUT2D eigenvalue weighted by Crippen LogP contribution is -2.42. The van der Waals surface area contributed by atoms with E-state index in [1.165, 1.54) is 4.90 Å². The van der Waals surface area contributed by atoms with Gasteiger partial charge in [-0.1, -0.05) is 35.9 Å². The Labute approximate surface area is 177 Å². The fraction of sp³-hybridized carbons (Fsp3) is 0.182. The monoisotopic (exact) mass is 420 g/mol. The Morgan fingerprint density at radius 1 is 1.07 bits per heavy atom. The molecule has 3 aromatic rings. The minimum absolute atomic E-state index is 0.146. The maximum absolute atomic E-state index is 13.3. The average molecular weight is 421 g/mol. The molecule has 2 amide bonds. The highest BCUT2D eigenvalue weighted by atomic mass is 35.5. The number of fused-ring (bicyclic) bond motifs is 2. The Hall–Kier alpha value is -3.45. The molecule has 1 aromatic carbocycles. The van der Waals surface area contributed by atoms with Crippen LogP contribution in [0.4, 0.5) is 11.5 Å². The largest absolute Gasteiger partial charge is 0.463 e. The topological polar surface area (TPSA) is 75.6 Å². The molecule has 4 heterocycles. The van der Waals surface area contributed by atoms with E-state index in [9.17, 15) is 9.59 Å². The Morgan fingerprint density at radius 2 is 1.87 bits per heavy atom. The zero-order valence-corrected chi connectivity index (χ0v) is 17.0. The van der Waals surface area contributed by atoms with Crippen molar-refractivity contribution >= 4 is 34.9 Å². The molecule has 0 aliphatic carbocycles. The number of anilines is 2. The molecule has 150 valence electrons. The van der Waals surface area contributed by atoms with Crippen LogP contribution in [-0.2, 0) is 4.79 Å². The summed E-state index contributed by atoms with van der Waals surface area (Å²) >= 11 is 5.97. The van der Waals surface area contributed by atoms with Crippen molar-refractivity contribution < 1.29 is 14.3 Å². The molecule has 1 unspecified atom stereocenters. The molecule has 2 aliphatic heterocycles. The van der Waals surface area contributed by atoms with Gasteiger partial charge in [-0.2, -0.15) is 4.98 Å². The van der Waals surface area contributed by atoms with Crippen molar-refractivity contribution in [3.63, 3.8) is 0 Å². The number of nitrogens with zero attached hydrogens (tertiary/aromatic N) is 4.